The third kappa shape index (κ3) is 4.54. The molecular weight excluding hydrogens is 320 g/mol. The lowest BCUT2D eigenvalue weighted by Crippen LogP contribution is -2.57. The molecule has 0 heterocycles. The maximum absolute atomic E-state index is 11.4. The zero-order valence-electron chi connectivity index (χ0n) is 15.5. The van der Waals surface area contributed by atoms with Crippen molar-refractivity contribution in [3.8, 4) is 0 Å². The number of hydrogen-bond donors (Lipinski definition) is 2. The van der Waals surface area contributed by atoms with Crippen molar-refractivity contribution in [1.82, 2.24) is 5.43 Å². The predicted octanol–water partition coefficient (Wildman–Crippen LogP) is 5.36. The quantitative estimate of drug-likeness (QED) is 0.382. The Labute approximate surface area is 157 Å². The summed E-state index contributed by atoms with van der Waals surface area (Å²) in [6.07, 6.45) is 8.78. The van der Waals surface area contributed by atoms with E-state index in [0.29, 0.717) is 0 Å². The molecular formula is C23H30N2O. The SMILES string of the molecule is C=CCCC[C@@]1(O)CCCC[C@H]1NN(c1ccccc1)c1ccccc1. The summed E-state index contributed by atoms with van der Waals surface area (Å²) in [6.45, 7) is 3.81. The number of nitrogens with zero attached hydrogens (tertiary/aromatic N) is 1. The van der Waals surface area contributed by atoms with Gasteiger partial charge in [0.05, 0.1) is 23.0 Å². The van der Waals surface area contributed by atoms with E-state index in [-0.39, 0.29) is 6.04 Å². The van der Waals surface area contributed by atoms with E-state index in [1.54, 1.807) is 0 Å². The average molecular weight is 351 g/mol. The minimum atomic E-state index is -0.664. The summed E-state index contributed by atoms with van der Waals surface area (Å²) in [4.78, 5) is 0. The molecule has 1 saturated carbocycles. The summed E-state index contributed by atoms with van der Waals surface area (Å²) < 4.78 is 0. The summed E-state index contributed by atoms with van der Waals surface area (Å²) in [5, 5.41) is 13.5. The van der Waals surface area contributed by atoms with E-state index >= 15 is 0 Å². The van der Waals surface area contributed by atoms with Gasteiger partial charge in [-0.1, -0.05) is 55.3 Å². The molecule has 3 nitrogen and oxygen atoms in total. The number of rotatable bonds is 8. The Bertz CT molecular complexity index is 634. The van der Waals surface area contributed by atoms with E-state index in [4.69, 9.17) is 0 Å². The highest BCUT2D eigenvalue weighted by molar-refractivity contribution is 5.61. The summed E-state index contributed by atoms with van der Waals surface area (Å²) in [7, 11) is 0. The summed E-state index contributed by atoms with van der Waals surface area (Å²) in [5.74, 6) is 0. The van der Waals surface area contributed by atoms with E-state index in [2.05, 4.69) is 41.3 Å². The van der Waals surface area contributed by atoms with Crippen LogP contribution in [0.5, 0.6) is 0 Å². The number of unbranched alkanes of at least 4 members (excludes halogenated alkanes) is 1. The maximum atomic E-state index is 11.4. The van der Waals surface area contributed by atoms with Gasteiger partial charge in [0, 0.05) is 0 Å². The standard InChI is InChI=1S/C23H30N2O/c1-2-3-11-18-23(26)19-12-10-17-22(23)24-25(20-13-6-4-7-14-20)21-15-8-5-9-16-21/h2,4-9,13-16,22,24,26H,1,3,10-12,17-19H2/t22-,23-/m1/s1. The van der Waals surface area contributed by atoms with Gasteiger partial charge in [-0.25, -0.2) is 5.43 Å². The molecule has 138 valence electrons. The first kappa shape index (κ1) is 18.7. The van der Waals surface area contributed by atoms with Crippen LogP contribution in [0.15, 0.2) is 73.3 Å². The van der Waals surface area contributed by atoms with Crippen molar-refractivity contribution in [1.29, 1.82) is 0 Å². The zero-order chi connectivity index (χ0) is 18.2. The number of hydrazine groups is 1. The van der Waals surface area contributed by atoms with Gasteiger partial charge in [0.1, 0.15) is 0 Å². The van der Waals surface area contributed by atoms with E-state index < -0.39 is 5.60 Å². The third-order valence-corrected chi connectivity index (χ3v) is 5.33. The van der Waals surface area contributed by atoms with Crippen molar-refractivity contribution in [2.45, 2.75) is 56.6 Å². The molecule has 1 fully saturated rings. The lowest BCUT2D eigenvalue weighted by molar-refractivity contribution is -0.0349. The van der Waals surface area contributed by atoms with Crippen LogP contribution in [0, 0.1) is 0 Å². The van der Waals surface area contributed by atoms with Gasteiger partial charge < -0.3 is 5.11 Å². The molecule has 0 radical (unpaired) electrons. The molecule has 2 aromatic rings. The Hall–Kier alpha value is -2.10. The van der Waals surface area contributed by atoms with Crippen LogP contribution in [-0.2, 0) is 0 Å². The van der Waals surface area contributed by atoms with E-state index in [9.17, 15) is 5.11 Å². The van der Waals surface area contributed by atoms with Crippen LogP contribution in [0.1, 0.15) is 44.9 Å². The number of para-hydroxylation sites is 2. The zero-order valence-corrected chi connectivity index (χ0v) is 15.5. The van der Waals surface area contributed by atoms with Gasteiger partial charge in [-0.15, -0.1) is 6.58 Å². The second-order valence-corrected chi connectivity index (χ2v) is 7.22. The molecule has 2 N–H and O–H groups in total. The molecule has 0 amide bonds. The highest BCUT2D eigenvalue weighted by Gasteiger charge is 2.39. The minimum Gasteiger partial charge on any atom is -0.388 e. The van der Waals surface area contributed by atoms with E-state index in [1.165, 1.54) is 0 Å². The van der Waals surface area contributed by atoms with Gasteiger partial charge in [0.2, 0.25) is 0 Å². The van der Waals surface area contributed by atoms with Gasteiger partial charge in [-0.3, -0.25) is 5.01 Å². The second-order valence-electron chi connectivity index (χ2n) is 7.22. The average Bonchev–Trinajstić information content (AvgIpc) is 2.69. The largest absolute Gasteiger partial charge is 0.388 e. The first-order valence-corrected chi connectivity index (χ1v) is 9.72. The fourth-order valence-corrected chi connectivity index (χ4v) is 3.87. The van der Waals surface area contributed by atoms with E-state index in [0.717, 1.165) is 56.3 Å². The fraction of sp³-hybridized carbons (Fsp3) is 0.391. The topological polar surface area (TPSA) is 35.5 Å². The molecule has 0 aromatic heterocycles. The number of benzene rings is 2. The molecule has 0 aliphatic heterocycles. The third-order valence-electron chi connectivity index (χ3n) is 5.33. The van der Waals surface area contributed by atoms with Gasteiger partial charge >= 0.3 is 0 Å². The van der Waals surface area contributed by atoms with Gasteiger partial charge in [-0.05, 0) is 56.4 Å². The monoisotopic (exact) mass is 350 g/mol. The molecule has 26 heavy (non-hydrogen) atoms. The maximum Gasteiger partial charge on any atom is 0.0818 e. The van der Waals surface area contributed by atoms with E-state index in [1.807, 2.05) is 42.5 Å². The van der Waals surface area contributed by atoms with Gasteiger partial charge in [-0.2, -0.15) is 0 Å². The van der Waals surface area contributed by atoms with Gasteiger partial charge in [0.25, 0.3) is 0 Å². The second kappa shape index (κ2) is 9.02. The first-order chi connectivity index (χ1) is 12.7. The highest BCUT2D eigenvalue weighted by atomic mass is 16.3. The van der Waals surface area contributed by atoms with Crippen LogP contribution >= 0.6 is 0 Å². The molecule has 1 aliphatic carbocycles. The fourth-order valence-electron chi connectivity index (χ4n) is 3.87. The molecule has 0 unspecified atom stereocenters. The Morgan fingerprint density at radius 2 is 1.65 bits per heavy atom. The van der Waals surface area contributed by atoms with Crippen molar-refractivity contribution in [2.24, 2.45) is 0 Å². The van der Waals surface area contributed by atoms with Crippen LogP contribution in [0.3, 0.4) is 0 Å². The molecule has 3 rings (SSSR count). The lowest BCUT2D eigenvalue weighted by atomic mass is 9.77. The highest BCUT2D eigenvalue weighted by Crippen LogP contribution is 2.34. The van der Waals surface area contributed by atoms with Crippen molar-refractivity contribution < 1.29 is 5.11 Å². The Kier molecular flexibility index (Phi) is 6.48. The predicted molar refractivity (Wildman–Crippen MR) is 109 cm³/mol. The molecule has 0 bridgehead atoms. The van der Waals surface area contributed by atoms with Crippen LogP contribution in [0.4, 0.5) is 11.4 Å². The Morgan fingerprint density at radius 3 is 2.23 bits per heavy atom. The summed E-state index contributed by atoms with van der Waals surface area (Å²) in [5.41, 5.74) is 5.16. The molecule has 0 saturated heterocycles. The van der Waals surface area contributed by atoms with Crippen LogP contribution < -0.4 is 10.4 Å². The van der Waals surface area contributed by atoms with Gasteiger partial charge in [0.15, 0.2) is 0 Å². The molecule has 2 atom stereocenters. The van der Waals surface area contributed by atoms with Crippen molar-refractivity contribution in [2.75, 3.05) is 5.01 Å². The normalized spacial score (nSPS) is 22.7. The lowest BCUT2D eigenvalue weighted by Gasteiger charge is -2.43. The smallest absolute Gasteiger partial charge is 0.0818 e. The number of anilines is 2. The molecule has 0 spiro atoms. The Balaban J connectivity index is 1.83. The van der Waals surface area contributed by atoms with Crippen molar-refractivity contribution >= 4 is 11.4 Å². The van der Waals surface area contributed by atoms with Crippen molar-refractivity contribution in [3.63, 3.8) is 0 Å². The minimum absolute atomic E-state index is 0.0430. The number of nitrogens with one attached hydrogen (secondary N) is 1. The van der Waals surface area contributed by atoms with Crippen LogP contribution in [0.25, 0.3) is 0 Å². The number of allylic oxidation sites excluding steroid dienone is 1. The van der Waals surface area contributed by atoms with Crippen LogP contribution in [-0.4, -0.2) is 16.7 Å². The Morgan fingerprint density at radius 1 is 1.04 bits per heavy atom. The summed E-state index contributed by atoms with van der Waals surface area (Å²) >= 11 is 0. The summed E-state index contributed by atoms with van der Waals surface area (Å²) in [6, 6.07) is 20.7. The van der Waals surface area contributed by atoms with Crippen LogP contribution in [0.2, 0.25) is 0 Å². The molecule has 2 aromatic carbocycles. The number of aliphatic hydroxyl groups is 1. The molecule has 1 aliphatic rings. The van der Waals surface area contributed by atoms with Crippen molar-refractivity contribution in [3.05, 3.63) is 73.3 Å². The number of hydrogen-bond acceptors (Lipinski definition) is 3. The first-order valence-electron chi connectivity index (χ1n) is 9.72. The molecule has 3 heteroatoms.